The molecule has 2 heterocycles. The summed E-state index contributed by atoms with van der Waals surface area (Å²) in [6.07, 6.45) is 1.37. The zero-order chi connectivity index (χ0) is 16.6. The van der Waals surface area contributed by atoms with Crippen LogP contribution in [0.2, 0.25) is 5.02 Å². The minimum absolute atomic E-state index is 0.177. The molecule has 0 amide bonds. The molecule has 1 aromatic carbocycles. The van der Waals surface area contributed by atoms with Crippen LogP contribution in [0.5, 0.6) is 0 Å². The van der Waals surface area contributed by atoms with Gasteiger partial charge in [-0.1, -0.05) is 22.8 Å². The Labute approximate surface area is 138 Å². The van der Waals surface area contributed by atoms with Crippen molar-refractivity contribution < 1.29 is 17.3 Å². The molecule has 0 spiro atoms. The van der Waals surface area contributed by atoms with Crippen LogP contribution in [0.4, 0.5) is 4.39 Å². The second kappa shape index (κ2) is 6.18. The average Bonchev–Trinajstić information content (AvgIpc) is 2.96. The number of halogens is 2. The van der Waals surface area contributed by atoms with E-state index in [2.05, 4.69) is 10.1 Å². The van der Waals surface area contributed by atoms with Crippen molar-refractivity contribution >= 4 is 21.6 Å². The highest BCUT2D eigenvalue weighted by Crippen LogP contribution is 2.31. The molecule has 1 aromatic heterocycles. The van der Waals surface area contributed by atoms with E-state index in [9.17, 15) is 12.8 Å². The van der Waals surface area contributed by atoms with Crippen LogP contribution >= 0.6 is 11.6 Å². The van der Waals surface area contributed by atoms with Crippen molar-refractivity contribution in [2.24, 2.45) is 0 Å². The second-order valence-corrected chi connectivity index (χ2v) is 7.75. The molecule has 1 saturated heterocycles. The summed E-state index contributed by atoms with van der Waals surface area (Å²) in [4.78, 5) is 3.75. The van der Waals surface area contributed by atoms with E-state index in [1.807, 2.05) is 0 Å². The number of aryl methyl sites for hydroxylation is 1. The van der Waals surface area contributed by atoms with Crippen LogP contribution in [0.1, 0.15) is 30.5 Å². The fourth-order valence-electron chi connectivity index (χ4n) is 2.66. The van der Waals surface area contributed by atoms with Gasteiger partial charge in [-0.15, -0.1) is 0 Å². The van der Waals surface area contributed by atoms with E-state index in [0.717, 1.165) is 6.42 Å². The summed E-state index contributed by atoms with van der Waals surface area (Å²) in [5.74, 6) is -0.207. The first-order valence-electron chi connectivity index (χ1n) is 7.14. The summed E-state index contributed by atoms with van der Waals surface area (Å²) in [5.41, 5.74) is 0. The largest absolute Gasteiger partial charge is 0.339 e. The Balaban J connectivity index is 1.89. The van der Waals surface area contributed by atoms with Gasteiger partial charge in [-0.3, -0.25) is 0 Å². The number of piperidine rings is 1. The Bertz CT molecular complexity index is 824. The van der Waals surface area contributed by atoms with Gasteiger partial charge in [0.25, 0.3) is 0 Å². The first kappa shape index (κ1) is 16.4. The zero-order valence-electron chi connectivity index (χ0n) is 12.4. The molecule has 0 saturated carbocycles. The van der Waals surface area contributed by atoms with Gasteiger partial charge in [0.15, 0.2) is 11.6 Å². The Hall–Kier alpha value is -1.51. The van der Waals surface area contributed by atoms with Crippen LogP contribution in [0.25, 0.3) is 0 Å². The third kappa shape index (κ3) is 3.11. The minimum Gasteiger partial charge on any atom is -0.339 e. The third-order valence-electron chi connectivity index (χ3n) is 3.81. The summed E-state index contributed by atoms with van der Waals surface area (Å²) in [5, 5.41) is 3.52. The van der Waals surface area contributed by atoms with Crippen molar-refractivity contribution in [3.05, 3.63) is 40.8 Å². The number of aromatic nitrogens is 2. The van der Waals surface area contributed by atoms with Crippen LogP contribution in [0.15, 0.2) is 27.6 Å². The molecule has 0 N–H and O–H groups in total. The van der Waals surface area contributed by atoms with Gasteiger partial charge in [0.2, 0.25) is 15.9 Å². The molecule has 0 radical (unpaired) electrons. The van der Waals surface area contributed by atoms with Gasteiger partial charge in [0.1, 0.15) is 4.90 Å². The Morgan fingerprint density at radius 1 is 1.43 bits per heavy atom. The lowest BCUT2D eigenvalue weighted by Gasteiger charge is -2.30. The molecule has 1 atom stereocenters. The monoisotopic (exact) mass is 359 g/mol. The zero-order valence-corrected chi connectivity index (χ0v) is 13.9. The third-order valence-corrected chi connectivity index (χ3v) is 5.99. The highest BCUT2D eigenvalue weighted by Gasteiger charge is 2.34. The average molecular weight is 360 g/mol. The number of hydrogen-bond donors (Lipinski definition) is 0. The van der Waals surface area contributed by atoms with E-state index in [-0.39, 0.29) is 17.5 Å². The molecule has 1 fully saturated rings. The van der Waals surface area contributed by atoms with Gasteiger partial charge >= 0.3 is 0 Å². The molecule has 0 aliphatic carbocycles. The smallest absolute Gasteiger partial charge is 0.246 e. The molecule has 2 aromatic rings. The predicted octanol–water partition coefficient (Wildman–Crippen LogP) is 2.74. The van der Waals surface area contributed by atoms with Crippen LogP contribution in [-0.4, -0.2) is 36.0 Å². The minimum atomic E-state index is -3.97. The summed E-state index contributed by atoms with van der Waals surface area (Å²) in [6, 6.07) is 3.95. The fraction of sp³-hybridized carbons (Fsp3) is 0.429. The molecule has 6 nitrogen and oxygen atoms in total. The van der Waals surface area contributed by atoms with E-state index < -0.39 is 20.7 Å². The molecule has 23 heavy (non-hydrogen) atoms. The van der Waals surface area contributed by atoms with Crippen molar-refractivity contribution in [1.82, 2.24) is 14.4 Å². The SMILES string of the molecule is Cc1noc(C2CCCN(S(=O)(=O)c3cccc(Cl)c3F)C2)n1. The lowest BCUT2D eigenvalue weighted by Crippen LogP contribution is -2.39. The van der Waals surface area contributed by atoms with Gasteiger partial charge in [0, 0.05) is 13.1 Å². The molecular formula is C14H15ClFN3O3S. The highest BCUT2D eigenvalue weighted by atomic mass is 35.5. The van der Waals surface area contributed by atoms with E-state index in [0.29, 0.717) is 24.7 Å². The van der Waals surface area contributed by atoms with Gasteiger partial charge < -0.3 is 4.52 Å². The molecule has 3 rings (SSSR count). The van der Waals surface area contributed by atoms with Crippen LogP contribution < -0.4 is 0 Å². The molecular weight excluding hydrogens is 345 g/mol. The normalized spacial score (nSPS) is 19.9. The molecule has 0 bridgehead atoms. The number of nitrogens with zero attached hydrogens (tertiary/aromatic N) is 3. The topological polar surface area (TPSA) is 76.3 Å². The number of sulfonamides is 1. The molecule has 1 aliphatic rings. The number of benzene rings is 1. The van der Waals surface area contributed by atoms with Gasteiger partial charge in [-0.05, 0) is 31.9 Å². The summed E-state index contributed by atoms with van der Waals surface area (Å²) in [6.45, 7) is 2.19. The summed E-state index contributed by atoms with van der Waals surface area (Å²) in [7, 11) is -3.97. The van der Waals surface area contributed by atoms with Gasteiger partial charge in [-0.2, -0.15) is 9.29 Å². The van der Waals surface area contributed by atoms with Crippen molar-refractivity contribution in [3.8, 4) is 0 Å². The molecule has 1 aliphatic heterocycles. The van der Waals surface area contributed by atoms with Crippen LogP contribution in [-0.2, 0) is 10.0 Å². The number of hydrogen-bond acceptors (Lipinski definition) is 5. The molecule has 9 heteroatoms. The maximum atomic E-state index is 14.1. The van der Waals surface area contributed by atoms with Crippen LogP contribution in [0, 0.1) is 12.7 Å². The van der Waals surface area contributed by atoms with E-state index >= 15 is 0 Å². The summed E-state index contributed by atoms with van der Waals surface area (Å²) >= 11 is 5.69. The lowest BCUT2D eigenvalue weighted by molar-refractivity contribution is 0.264. The van der Waals surface area contributed by atoms with E-state index in [4.69, 9.17) is 16.1 Å². The summed E-state index contributed by atoms with van der Waals surface area (Å²) < 4.78 is 45.9. The Kier molecular flexibility index (Phi) is 4.39. The molecule has 124 valence electrons. The van der Waals surface area contributed by atoms with Gasteiger partial charge in [-0.25, -0.2) is 12.8 Å². The van der Waals surface area contributed by atoms with E-state index in [1.165, 1.54) is 22.5 Å². The lowest BCUT2D eigenvalue weighted by atomic mass is 10.00. The standard InChI is InChI=1S/C14H15ClFN3O3S/c1-9-17-14(22-18-9)10-4-3-7-19(8-10)23(20,21)12-6-2-5-11(15)13(12)16/h2,5-6,10H,3-4,7-8H2,1H3. The fourth-order valence-corrected chi connectivity index (χ4v) is 4.50. The Morgan fingerprint density at radius 3 is 2.91 bits per heavy atom. The number of rotatable bonds is 3. The molecule has 1 unspecified atom stereocenters. The second-order valence-electron chi connectivity index (χ2n) is 5.43. The quantitative estimate of drug-likeness (QED) is 0.842. The van der Waals surface area contributed by atoms with Crippen LogP contribution in [0.3, 0.4) is 0 Å². The van der Waals surface area contributed by atoms with Crippen molar-refractivity contribution in [1.29, 1.82) is 0 Å². The maximum absolute atomic E-state index is 14.1. The first-order chi connectivity index (χ1) is 10.9. The van der Waals surface area contributed by atoms with Crippen molar-refractivity contribution in [2.45, 2.75) is 30.6 Å². The predicted molar refractivity (Wildman–Crippen MR) is 81.2 cm³/mol. The maximum Gasteiger partial charge on any atom is 0.246 e. The van der Waals surface area contributed by atoms with E-state index in [1.54, 1.807) is 6.92 Å². The first-order valence-corrected chi connectivity index (χ1v) is 8.96. The van der Waals surface area contributed by atoms with Crippen molar-refractivity contribution in [3.63, 3.8) is 0 Å². The van der Waals surface area contributed by atoms with Gasteiger partial charge in [0.05, 0.1) is 10.9 Å². The highest BCUT2D eigenvalue weighted by molar-refractivity contribution is 7.89. The van der Waals surface area contributed by atoms with Crippen molar-refractivity contribution in [2.75, 3.05) is 13.1 Å². The Morgan fingerprint density at radius 2 is 2.22 bits per heavy atom.